The third-order valence-electron chi connectivity index (χ3n) is 10.0. The first-order valence-electron chi connectivity index (χ1n) is 18.8. The molecule has 8 aromatic rings. The standard InChI is InChI=1S/C48H46N6O.Pt/c1-46(2,3)33-21-22-50-44(26-33)54-42-18-14-13-17-40(42)41-20-19-38(28-43(41)54)55-39-27-37(29-49-30-39)52-31-53(51-45(52)32-15-11-10-12-16-32)36-24-34(47(4,5)6)23-35(25-36)48(7,8)9;/h10-26,29-30H,1-9H3;/q-2;. The van der Waals surface area contributed by atoms with Crippen molar-refractivity contribution in [2.75, 3.05) is 0 Å². The zero-order chi connectivity index (χ0) is 38.7. The van der Waals surface area contributed by atoms with E-state index in [0.717, 1.165) is 38.9 Å². The van der Waals surface area contributed by atoms with Gasteiger partial charge in [0.25, 0.3) is 6.33 Å². The van der Waals surface area contributed by atoms with Gasteiger partial charge in [-0.2, -0.15) is 10.7 Å². The second-order valence-electron chi connectivity index (χ2n) is 17.3. The minimum absolute atomic E-state index is 0. The molecule has 0 aliphatic heterocycles. The van der Waals surface area contributed by atoms with Crippen molar-refractivity contribution >= 4 is 21.8 Å². The number of benzene rings is 4. The molecule has 8 heteroatoms. The van der Waals surface area contributed by atoms with Crippen LogP contribution >= 0.6 is 0 Å². The molecule has 0 bridgehead atoms. The first-order valence-corrected chi connectivity index (χ1v) is 18.8. The summed E-state index contributed by atoms with van der Waals surface area (Å²) in [6.45, 7) is 20.1. The van der Waals surface area contributed by atoms with Gasteiger partial charge in [0.2, 0.25) is 0 Å². The quantitative estimate of drug-likeness (QED) is 0.123. The molecular weight excluding hydrogens is 872 g/mol. The van der Waals surface area contributed by atoms with Gasteiger partial charge in [-0.15, -0.1) is 28.7 Å². The van der Waals surface area contributed by atoms with Crippen molar-refractivity contribution in [3.63, 3.8) is 0 Å². The molecule has 0 fully saturated rings. The number of aromatic nitrogens is 6. The second kappa shape index (κ2) is 14.6. The number of rotatable bonds is 6. The van der Waals surface area contributed by atoms with Crippen LogP contribution in [0.25, 0.3) is 50.4 Å². The number of pyridine rings is 2. The molecular formula is C48H46N6OPt-2. The van der Waals surface area contributed by atoms with E-state index in [1.807, 2.05) is 51.8 Å². The van der Waals surface area contributed by atoms with Crippen LogP contribution < -0.4 is 9.42 Å². The fourth-order valence-corrected chi connectivity index (χ4v) is 6.79. The predicted octanol–water partition coefficient (Wildman–Crippen LogP) is 10.8. The summed E-state index contributed by atoms with van der Waals surface area (Å²) in [6, 6.07) is 40.5. The number of nitrogens with zero attached hydrogens (tertiary/aromatic N) is 6. The van der Waals surface area contributed by atoms with Crippen LogP contribution in [0.1, 0.15) is 79.0 Å². The van der Waals surface area contributed by atoms with Crippen LogP contribution in [0.4, 0.5) is 0 Å². The van der Waals surface area contributed by atoms with E-state index in [1.165, 1.54) is 16.7 Å². The zero-order valence-corrected chi connectivity index (χ0v) is 35.6. The van der Waals surface area contributed by atoms with Crippen LogP contribution in [0.15, 0.2) is 116 Å². The molecule has 4 aromatic heterocycles. The monoisotopic (exact) mass is 917 g/mol. The number of hydrogen-bond donors (Lipinski definition) is 0. The Labute approximate surface area is 344 Å². The van der Waals surface area contributed by atoms with Gasteiger partial charge in [0.05, 0.1) is 5.69 Å². The molecule has 4 heterocycles. The maximum absolute atomic E-state index is 6.50. The number of ether oxygens (including phenoxy) is 1. The minimum atomic E-state index is -0.0495. The predicted molar refractivity (Wildman–Crippen MR) is 220 cm³/mol. The van der Waals surface area contributed by atoms with Crippen molar-refractivity contribution in [3.05, 3.63) is 151 Å². The maximum Gasteiger partial charge on any atom is 0.272 e. The van der Waals surface area contributed by atoms with Gasteiger partial charge in [-0.25, -0.2) is 4.98 Å². The minimum Gasteiger partial charge on any atom is -0.508 e. The van der Waals surface area contributed by atoms with Gasteiger partial charge in [-0.3, -0.25) is 0 Å². The Bertz CT molecular complexity index is 2660. The Morgan fingerprint density at radius 1 is 0.643 bits per heavy atom. The van der Waals surface area contributed by atoms with Gasteiger partial charge in [0, 0.05) is 49.8 Å². The van der Waals surface area contributed by atoms with E-state index in [0.29, 0.717) is 23.0 Å². The van der Waals surface area contributed by atoms with Gasteiger partial charge in [-0.05, 0) is 68.4 Å². The van der Waals surface area contributed by atoms with Gasteiger partial charge >= 0.3 is 0 Å². The van der Waals surface area contributed by atoms with Crippen LogP contribution in [0.2, 0.25) is 0 Å². The topological polar surface area (TPSA) is 61.6 Å². The molecule has 0 atom stereocenters. The van der Waals surface area contributed by atoms with E-state index in [4.69, 9.17) is 14.8 Å². The molecule has 8 rings (SSSR count). The summed E-state index contributed by atoms with van der Waals surface area (Å²) in [5.41, 5.74) is 8.01. The number of fused-ring (bicyclic) bond motifs is 3. The third-order valence-corrected chi connectivity index (χ3v) is 10.0. The van der Waals surface area contributed by atoms with Crippen molar-refractivity contribution < 1.29 is 30.5 Å². The van der Waals surface area contributed by atoms with Crippen LogP contribution in [-0.4, -0.2) is 24.2 Å². The van der Waals surface area contributed by atoms with Crippen LogP contribution in [0.5, 0.6) is 11.5 Å². The van der Waals surface area contributed by atoms with E-state index < -0.39 is 0 Å². The molecule has 0 aliphatic rings. The largest absolute Gasteiger partial charge is 0.508 e. The molecule has 0 unspecified atom stereocenters. The molecule has 0 aliphatic carbocycles. The van der Waals surface area contributed by atoms with E-state index >= 15 is 0 Å². The molecule has 0 N–H and O–H groups in total. The van der Waals surface area contributed by atoms with E-state index in [9.17, 15) is 0 Å². The average molecular weight is 918 g/mol. The first kappa shape index (κ1) is 38.9. The molecule has 0 saturated carbocycles. The smallest absolute Gasteiger partial charge is 0.272 e. The van der Waals surface area contributed by atoms with E-state index in [2.05, 4.69) is 151 Å². The van der Waals surface area contributed by atoms with E-state index in [-0.39, 0.29) is 37.3 Å². The molecule has 56 heavy (non-hydrogen) atoms. The van der Waals surface area contributed by atoms with Crippen LogP contribution in [0.3, 0.4) is 0 Å². The van der Waals surface area contributed by atoms with Crippen molar-refractivity contribution in [1.82, 2.24) is 24.2 Å². The normalized spacial score (nSPS) is 12.2. The summed E-state index contributed by atoms with van der Waals surface area (Å²) in [6.07, 6.45) is 8.83. The molecule has 0 amide bonds. The summed E-state index contributed by atoms with van der Waals surface area (Å²) in [7, 11) is 0. The summed E-state index contributed by atoms with van der Waals surface area (Å²) >= 11 is 0. The van der Waals surface area contributed by atoms with Crippen molar-refractivity contribution in [2.24, 2.45) is 0 Å². The fraction of sp³-hybridized carbons (Fsp3) is 0.250. The van der Waals surface area contributed by atoms with Crippen LogP contribution in [-0.2, 0) is 37.3 Å². The molecule has 7 nitrogen and oxygen atoms in total. The molecule has 0 spiro atoms. The fourth-order valence-electron chi connectivity index (χ4n) is 6.79. The molecule has 4 aromatic carbocycles. The number of para-hydroxylation sites is 1. The SMILES string of the molecule is CC(C)(C)c1cc(-[n+]2[c-]n(-c3[c-]c(Oc4[c-]c5c(cc4)c4ccccc4n5-c4cc(C(C)(C)C)ccn4)cnc3)c(-c3ccccc3)n2)cc(C(C)(C)C)c1.[Pt]. The zero-order valence-electron chi connectivity index (χ0n) is 33.4. The molecule has 286 valence electrons. The maximum atomic E-state index is 6.50. The third kappa shape index (κ3) is 7.57. The van der Waals surface area contributed by atoms with E-state index in [1.54, 1.807) is 12.4 Å². The summed E-state index contributed by atoms with van der Waals surface area (Å²) in [5, 5.41) is 7.31. The Balaban J connectivity index is 0.00000480. The van der Waals surface area contributed by atoms with Crippen molar-refractivity contribution in [2.45, 2.75) is 78.6 Å². The molecule has 0 radical (unpaired) electrons. The Kier molecular flexibility index (Phi) is 10.1. The van der Waals surface area contributed by atoms with Gasteiger partial charge in [-0.1, -0.05) is 141 Å². The van der Waals surface area contributed by atoms with Gasteiger partial charge in [0.15, 0.2) is 5.82 Å². The average Bonchev–Trinajstić information content (AvgIpc) is 3.74. The van der Waals surface area contributed by atoms with Crippen molar-refractivity contribution in [1.29, 1.82) is 0 Å². The summed E-state index contributed by atoms with van der Waals surface area (Å²) in [5.74, 6) is 2.53. The van der Waals surface area contributed by atoms with Gasteiger partial charge < -0.3 is 18.9 Å². The summed E-state index contributed by atoms with van der Waals surface area (Å²) < 4.78 is 12.4. The van der Waals surface area contributed by atoms with Crippen molar-refractivity contribution in [3.8, 4) is 40.1 Å². The molecule has 0 saturated heterocycles. The second-order valence-corrected chi connectivity index (χ2v) is 17.3. The summed E-state index contributed by atoms with van der Waals surface area (Å²) in [4.78, 5) is 9.42. The Morgan fingerprint density at radius 2 is 1.32 bits per heavy atom. The van der Waals surface area contributed by atoms with Crippen LogP contribution in [0, 0.1) is 18.5 Å². The van der Waals surface area contributed by atoms with Gasteiger partial charge in [0.1, 0.15) is 5.82 Å². The first-order chi connectivity index (χ1) is 26.1. The Morgan fingerprint density at radius 3 is 2.02 bits per heavy atom. The Hall–Kier alpha value is -5.39. The number of hydrogen-bond acceptors (Lipinski definition) is 4.